The van der Waals surface area contributed by atoms with Crippen molar-refractivity contribution < 1.29 is 9.94 Å². The molecule has 0 saturated carbocycles. The fraction of sp³-hybridized carbons (Fsp3) is 0.294. The summed E-state index contributed by atoms with van der Waals surface area (Å²) in [5.74, 6) is 1.18. The SMILES string of the molecule is CC1(C)Cc2cccnc2N(O)[C@@]12C=Nc1ccccc1O2. The number of pyridine rings is 1. The lowest BCUT2D eigenvalue weighted by atomic mass is 9.73. The van der Waals surface area contributed by atoms with Crippen LogP contribution in [0.15, 0.2) is 47.6 Å². The number of hydrogen-bond donors (Lipinski definition) is 1. The van der Waals surface area contributed by atoms with Crippen LogP contribution in [0.5, 0.6) is 5.75 Å². The molecule has 2 aromatic rings. The molecule has 112 valence electrons. The molecule has 0 bridgehead atoms. The number of rotatable bonds is 0. The molecule has 2 aliphatic rings. The van der Waals surface area contributed by atoms with Crippen LogP contribution < -0.4 is 9.80 Å². The smallest absolute Gasteiger partial charge is 0.248 e. The number of anilines is 1. The van der Waals surface area contributed by atoms with Gasteiger partial charge >= 0.3 is 0 Å². The van der Waals surface area contributed by atoms with E-state index in [1.165, 1.54) is 0 Å². The predicted molar refractivity (Wildman–Crippen MR) is 83.9 cm³/mol. The van der Waals surface area contributed by atoms with E-state index in [4.69, 9.17) is 4.74 Å². The third-order valence-electron chi connectivity index (χ3n) is 4.49. The van der Waals surface area contributed by atoms with Crippen molar-refractivity contribution in [2.75, 3.05) is 5.06 Å². The number of para-hydroxylation sites is 2. The lowest BCUT2D eigenvalue weighted by Crippen LogP contribution is -2.66. The predicted octanol–water partition coefficient (Wildman–Crippen LogP) is 3.35. The quantitative estimate of drug-likeness (QED) is 0.809. The first-order valence-electron chi connectivity index (χ1n) is 7.30. The molecule has 22 heavy (non-hydrogen) atoms. The molecule has 0 saturated heterocycles. The van der Waals surface area contributed by atoms with Gasteiger partial charge in [0.1, 0.15) is 11.4 Å². The summed E-state index contributed by atoms with van der Waals surface area (Å²) in [4.78, 5) is 8.82. The number of aliphatic imine (C=N–C) groups is 1. The summed E-state index contributed by atoms with van der Waals surface area (Å²) in [6.07, 6.45) is 4.09. The Labute approximate surface area is 128 Å². The Kier molecular flexibility index (Phi) is 2.60. The molecule has 5 nitrogen and oxygen atoms in total. The van der Waals surface area contributed by atoms with E-state index < -0.39 is 5.72 Å². The first-order valence-corrected chi connectivity index (χ1v) is 7.30. The van der Waals surface area contributed by atoms with E-state index in [0.29, 0.717) is 11.6 Å². The van der Waals surface area contributed by atoms with Crippen molar-refractivity contribution in [3.05, 3.63) is 48.2 Å². The van der Waals surface area contributed by atoms with Gasteiger partial charge in [-0.1, -0.05) is 32.0 Å². The van der Waals surface area contributed by atoms with Gasteiger partial charge in [0.2, 0.25) is 5.72 Å². The Bertz CT molecular complexity index is 772. The third-order valence-corrected chi connectivity index (χ3v) is 4.49. The zero-order chi connectivity index (χ0) is 15.4. The van der Waals surface area contributed by atoms with Crippen LogP contribution in [0.4, 0.5) is 11.5 Å². The Hall–Kier alpha value is -2.40. The molecule has 4 rings (SSSR count). The number of fused-ring (bicyclic) bond motifs is 2. The minimum atomic E-state index is -1.07. The summed E-state index contributed by atoms with van der Waals surface area (Å²) < 4.78 is 6.23. The van der Waals surface area contributed by atoms with Gasteiger partial charge in [0.15, 0.2) is 5.82 Å². The van der Waals surface area contributed by atoms with Crippen molar-refractivity contribution in [1.29, 1.82) is 0 Å². The summed E-state index contributed by atoms with van der Waals surface area (Å²) in [6.45, 7) is 4.12. The highest BCUT2D eigenvalue weighted by molar-refractivity contribution is 5.82. The first kappa shape index (κ1) is 13.3. The van der Waals surface area contributed by atoms with E-state index >= 15 is 0 Å². The van der Waals surface area contributed by atoms with E-state index in [2.05, 4.69) is 23.8 Å². The van der Waals surface area contributed by atoms with Crippen molar-refractivity contribution in [2.24, 2.45) is 10.4 Å². The van der Waals surface area contributed by atoms with E-state index in [1.54, 1.807) is 12.4 Å². The number of hydroxylamine groups is 1. The normalized spacial score (nSPS) is 24.6. The molecule has 0 radical (unpaired) electrons. The van der Waals surface area contributed by atoms with Gasteiger partial charge in [0, 0.05) is 11.6 Å². The van der Waals surface area contributed by atoms with Gasteiger partial charge in [0.05, 0.1) is 6.21 Å². The molecule has 2 aliphatic heterocycles. The molecule has 0 amide bonds. The highest BCUT2D eigenvalue weighted by atomic mass is 16.6. The highest BCUT2D eigenvalue weighted by Gasteiger charge is 2.56. The fourth-order valence-electron chi connectivity index (χ4n) is 3.22. The monoisotopic (exact) mass is 295 g/mol. The largest absolute Gasteiger partial charge is 0.458 e. The lowest BCUT2D eigenvalue weighted by molar-refractivity contribution is -0.0529. The second-order valence-corrected chi connectivity index (χ2v) is 6.38. The van der Waals surface area contributed by atoms with Crippen LogP contribution in [0, 0.1) is 5.41 Å². The Morgan fingerprint density at radius 3 is 2.86 bits per heavy atom. The number of nitrogens with zero attached hydrogens (tertiary/aromatic N) is 3. The van der Waals surface area contributed by atoms with Gasteiger partial charge in [-0.25, -0.2) is 4.98 Å². The minimum absolute atomic E-state index is 0.380. The van der Waals surface area contributed by atoms with Crippen molar-refractivity contribution in [3.63, 3.8) is 0 Å². The van der Waals surface area contributed by atoms with Crippen molar-refractivity contribution in [2.45, 2.75) is 26.0 Å². The van der Waals surface area contributed by atoms with Gasteiger partial charge in [0.25, 0.3) is 0 Å². The molecular formula is C17H17N3O2. The van der Waals surface area contributed by atoms with E-state index in [1.807, 2.05) is 36.4 Å². The van der Waals surface area contributed by atoms with Gasteiger partial charge in [-0.3, -0.25) is 10.2 Å². The summed E-state index contributed by atoms with van der Waals surface area (Å²) in [7, 11) is 0. The molecule has 5 heteroatoms. The highest BCUT2D eigenvalue weighted by Crippen LogP contribution is 2.49. The van der Waals surface area contributed by atoms with E-state index in [-0.39, 0.29) is 5.41 Å². The average Bonchev–Trinajstić information content (AvgIpc) is 2.52. The zero-order valence-electron chi connectivity index (χ0n) is 12.5. The lowest BCUT2D eigenvalue weighted by Gasteiger charge is -2.52. The van der Waals surface area contributed by atoms with E-state index in [9.17, 15) is 5.21 Å². The third kappa shape index (κ3) is 1.63. The molecule has 1 aromatic carbocycles. The molecule has 1 aromatic heterocycles. The Morgan fingerprint density at radius 2 is 2.00 bits per heavy atom. The van der Waals surface area contributed by atoms with Crippen LogP contribution in [0.25, 0.3) is 0 Å². The van der Waals surface area contributed by atoms with E-state index in [0.717, 1.165) is 22.7 Å². The van der Waals surface area contributed by atoms with Crippen LogP contribution in [0.2, 0.25) is 0 Å². The van der Waals surface area contributed by atoms with Gasteiger partial charge < -0.3 is 4.74 Å². The van der Waals surface area contributed by atoms with Crippen LogP contribution >= 0.6 is 0 Å². The average molecular weight is 295 g/mol. The molecular weight excluding hydrogens is 278 g/mol. The maximum Gasteiger partial charge on any atom is 0.248 e. The number of benzene rings is 1. The number of hydrogen-bond acceptors (Lipinski definition) is 5. The van der Waals surface area contributed by atoms with Gasteiger partial charge in [-0.05, 0) is 30.2 Å². The molecule has 0 unspecified atom stereocenters. The van der Waals surface area contributed by atoms with Crippen molar-refractivity contribution >= 4 is 17.7 Å². The summed E-state index contributed by atoms with van der Waals surface area (Å²) in [5.41, 5.74) is 0.318. The standard InChI is InChI=1S/C17H17N3O2/c1-16(2)10-12-6-5-9-18-15(12)20(21)17(16)11-19-13-7-3-4-8-14(13)22-17/h3-9,11,21H,10H2,1-2H3/t17-/m1/s1. The van der Waals surface area contributed by atoms with Gasteiger partial charge in [-0.15, -0.1) is 0 Å². The summed E-state index contributed by atoms with van der Waals surface area (Å²) >= 11 is 0. The van der Waals surface area contributed by atoms with Crippen LogP contribution in [0.3, 0.4) is 0 Å². The summed E-state index contributed by atoms with van der Waals surface area (Å²) in [6, 6.07) is 11.4. The van der Waals surface area contributed by atoms with Gasteiger partial charge in [-0.2, -0.15) is 5.06 Å². The van der Waals surface area contributed by atoms with Crippen LogP contribution in [0.1, 0.15) is 19.4 Å². The first-order chi connectivity index (χ1) is 10.5. The fourth-order valence-corrected chi connectivity index (χ4v) is 3.22. The molecule has 0 aliphatic carbocycles. The second-order valence-electron chi connectivity index (χ2n) is 6.38. The number of aromatic nitrogens is 1. The molecule has 1 N–H and O–H groups in total. The summed E-state index contributed by atoms with van der Waals surface area (Å²) in [5, 5.41) is 12.0. The van der Waals surface area contributed by atoms with Crippen molar-refractivity contribution in [1.82, 2.24) is 4.98 Å². The van der Waals surface area contributed by atoms with Crippen LogP contribution in [-0.2, 0) is 6.42 Å². The molecule has 0 fully saturated rings. The maximum atomic E-state index is 10.9. The number of ether oxygens (including phenoxy) is 1. The molecule has 3 heterocycles. The van der Waals surface area contributed by atoms with Crippen molar-refractivity contribution in [3.8, 4) is 5.75 Å². The molecule has 1 atom stereocenters. The van der Waals surface area contributed by atoms with Crippen LogP contribution in [-0.4, -0.2) is 22.1 Å². The Balaban J connectivity index is 1.89. The molecule has 1 spiro atoms. The topological polar surface area (TPSA) is 58.0 Å². The minimum Gasteiger partial charge on any atom is -0.458 e. The maximum absolute atomic E-state index is 10.9. The Morgan fingerprint density at radius 1 is 1.18 bits per heavy atom. The second kappa shape index (κ2) is 4.30. The zero-order valence-corrected chi connectivity index (χ0v) is 12.5.